The highest BCUT2D eigenvalue weighted by Crippen LogP contribution is 2.29. The van der Waals surface area contributed by atoms with Gasteiger partial charge in [-0.2, -0.15) is 11.8 Å². The number of anilines is 1. The van der Waals surface area contributed by atoms with E-state index in [9.17, 15) is 0 Å². The average Bonchev–Trinajstić information content (AvgIpc) is 3.16. The molecule has 0 amide bonds. The van der Waals surface area contributed by atoms with Crippen LogP contribution in [0.5, 0.6) is 0 Å². The maximum atomic E-state index is 4.84. The fourth-order valence-electron chi connectivity index (χ4n) is 3.28. The van der Waals surface area contributed by atoms with Gasteiger partial charge in [-0.15, -0.1) is 0 Å². The van der Waals surface area contributed by atoms with E-state index in [1.807, 2.05) is 0 Å². The number of nitrogens with zero attached hydrogens (tertiary/aromatic N) is 3. The number of aromatic nitrogens is 2. The molecule has 2 aromatic heterocycles. The van der Waals surface area contributed by atoms with Crippen LogP contribution in [0.1, 0.15) is 18.5 Å². The van der Waals surface area contributed by atoms with Crippen molar-refractivity contribution in [1.82, 2.24) is 14.7 Å². The second kappa shape index (κ2) is 5.89. The maximum absolute atomic E-state index is 4.84. The summed E-state index contributed by atoms with van der Waals surface area (Å²) in [5.41, 5.74) is 3.63. The molecule has 2 saturated heterocycles. The molecule has 21 heavy (non-hydrogen) atoms. The zero-order valence-electron chi connectivity index (χ0n) is 12.3. The van der Waals surface area contributed by atoms with E-state index in [2.05, 4.69) is 50.9 Å². The van der Waals surface area contributed by atoms with Gasteiger partial charge in [0.25, 0.3) is 0 Å². The molecule has 2 aliphatic rings. The minimum atomic E-state index is 0.780. The van der Waals surface area contributed by atoms with Crippen molar-refractivity contribution < 1.29 is 0 Å². The van der Waals surface area contributed by atoms with Gasteiger partial charge in [-0.05, 0) is 24.7 Å². The summed E-state index contributed by atoms with van der Waals surface area (Å²) in [7, 11) is 0. The zero-order chi connectivity index (χ0) is 14.1. The van der Waals surface area contributed by atoms with Crippen LogP contribution < -0.4 is 10.2 Å². The van der Waals surface area contributed by atoms with Gasteiger partial charge in [0.15, 0.2) is 0 Å². The van der Waals surface area contributed by atoms with E-state index in [1.54, 1.807) is 0 Å². The Hall–Kier alpha value is -1.20. The maximum Gasteiger partial charge on any atom is 0.139 e. The van der Waals surface area contributed by atoms with Crippen LogP contribution in [0.25, 0.3) is 5.65 Å². The lowest BCUT2D eigenvalue weighted by atomic mass is 10.2. The van der Waals surface area contributed by atoms with Crippen molar-refractivity contribution in [2.75, 3.05) is 36.8 Å². The van der Waals surface area contributed by atoms with Gasteiger partial charge in [0.2, 0.25) is 0 Å². The predicted octanol–water partition coefficient (Wildman–Crippen LogP) is 2.18. The van der Waals surface area contributed by atoms with Crippen LogP contribution >= 0.6 is 11.8 Å². The Kier molecular flexibility index (Phi) is 3.78. The van der Waals surface area contributed by atoms with Crippen molar-refractivity contribution in [2.45, 2.75) is 24.5 Å². The van der Waals surface area contributed by atoms with E-state index in [4.69, 9.17) is 4.98 Å². The molecule has 0 aliphatic carbocycles. The highest BCUT2D eigenvalue weighted by Gasteiger charge is 2.18. The van der Waals surface area contributed by atoms with Crippen molar-refractivity contribution in [3.63, 3.8) is 0 Å². The highest BCUT2D eigenvalue weighted by atomic mass is 32.2. The van der Waals surface area contributed by atoms with Crippen molar-refractivity contribution in [3.8, 4) is 0 Å². The van der Waals surface area contributed by atoms with Gasteiger partial charge in [0.05, 0.1) is 5.69 Å². The fraction of sp³-hybridized carbons (Fsp3) is 0.562. The molecule has 0 bridgehead atoms. The number of fused-ring (bicyclic) bond motifs is 1. The second-order valence-electron chi connectivity index (χ2n) is 5.96. The van der Waals surface area contributed by atoms with Gasteiger partial charge >= 0.3 is 0 Å². The van der Waals surface area contributed by atoms with Crippen molar-refractivity contribution in [2.24, 2.45) is 0 Å². The monoisotopic (exact) mass is 302 g/mol. The molecule has 112 valence electrons. The number of thioether (sulfide) groups is 1. The van der Waals surface area contributed by atoms with Gasteiger partial charge in [0.1, 0.15) is 5.65 Å². The van der Waals surface area contributed by atoms with E-state index in [1.165, 1.54) is 30.0 Å². The molecule has 1 unspecified atom stereocenters. The zero-order valence-corrected chi connectivity index (χ0v) is 13.1. The number of piperazine rings is 1. The molecule has 2 aromatic rings. The van der Waals surface area contributed by atoms with E-state index in [0.29, 0.717) is 0 Å². The largest absolute Gasteiger partial charge is 0.369 e. The smallest absolute Gasteiger partial charge is 0.139 e. The molecule has 0 aromatic carbocycles. The Labute approximate surface area is 129 Å². The van der Waals surface area contributed by atoms with Crippen molar-refractivity contribution >= 4 is 23.1 Å². The van der Waals surface area contributed by atoms with Gasteiger partial charge < -0.3 is 14.6 Å². The third-order valence-electron chi connectivity index (χ3n) is 4.44. The summed E-state index contributed by atoms with van der Waals surface area (Å²) in [5, 5.41) is 4.18. The molecule has 4 nitrogen and oxygen atoms in total. The molecule has 4 rings (SSSR count). The number of imidazole rings is 1. The van der Waals surface area contributed by atoms with E-state index in [0.717, 1.165) is 43.5 Å². The van der Waals surface area contributed by atoms with Crippen LogP contribution in [-0.2, 0) is 6.42 Å². The van der Waals surface area contributed by atoms with Crippen LogP contribution in [-0.4, -0.2) is 46.6 Å². The Balaban J connectivity index is 1.55. The number of rotatable bonds is 3. The minimum absolute atomic E-state index is 0.780. The van der Waals surface area contributed by atoms with Crippen LogP contribution in [0.4, 0.5) is 5.69 Å². The normalized spacial score (nSPS) is 23.0. The second-order valence-corrected chi connectivity index (χ2v) is 7.37. The summed E-state index contributed by atoms with van der Waals surface area (Å²) in [5.74, 6) is 1.32. The molecule has 1 atom stereocenters. The summed E-state index contributed by atoms with van der Waals surface area (Å²) in [6, 6.07) is 4.45. The third-order valence-corrected chi connectivity index (χ3v) is 5.83. The lowest BCUT2D eigenvalue weighted by Crippen LogP contribution is -2.43. The highest BCUT2D eigenvalue weighted by molar-refractivity contribution is 8.00. The van der Waals surface area contributed by atoms with Gasteiger partial charge in [-0.3, -0.25) is 0 Å². The van der Waals surface area contributed by atoms with Crippen molar-refractivity contribution in [1.29, 1.82) is 0 Å². The molecule has 0 saturated carbocycles. The molecular formula is C16H22N4S. The van der Waals surface area contributed by atoms with E-state index in [-0.39, 0.29) is 0 Å². The molecule has 2 fully saturated rings. The first-order valence-corrected chi connectivity index (χ1v) is 8.98. The Bertz CT molecular complexity index is 612. The number of pyridine rings is 1. The first-order valence-electron chi connectivity index (χ1n) is 7.93. The molecular weight excluding hydrogens is 280 g/mol. The fourth-order valence-corrected chi connectivity index (χ4v) is 4.57. The Morgan fingerprint density at radius 2 is 2.24 bits per heavy atom. The summed E-state index contributed by atoms with van der Waals surface area (Å²) in [4.78, 5) is 7.28. The molecule has 2 aliphatic heterocycles. The molecule has 4 heterocycles. The molecule has 0 spiro atoms. The van der Waals surface area contributed by atoms with Crippen LogP contribution in [0.3, 0.4) is 0 Å². The standard InChI is InChI=1S/C16H22N4S/c1-2-15(21-9-1)10-13-12-20-6-3-14(11-16(20)18-13)19-7-4-17-5-8-19/h3,6,11-12,15,17H,1-2,4-5,7-10H2. The lowest BCUT2D eigenvalue weighted by Gasteiger charge is -2.29. The van der Waals surface area contributed by atoms with Crippen LogP contribution in [0, 0.1) is 0 Å². The van der Waals surface area contributed by atoms with E-state index >= 15 is 0 Å². The van der Waals surface area contributed by atoms with E-state index < -0.39 is 0 Å². The van der Waals surface area contributed by atoms with Crippen LogP contribution in [0.15, 0.2) is 24.5 Å². The lowest BCUT2D eigenvalue weighted by molar-refractivity contribution is 0.589. The summed E-state index contributed by atoms with van der Waals surface area (Å²) in [6.07, 6.45) is 8.20. The summed E-state index contributed by atoms with van der Waals surface area (Å²) >= 11 is 2.11. The number of hydrogen-bond acceptors (Lipinski definition) is 4. The van der Waals surface area contributed by atoms with Crippen molar-refractivity contribution in [3.05, 3.63) is 30.2 Å². The number of nitrogens with one attached hydrogen (secondary N) is 1. The van der Waals surface area contributed by atoms with Gasteiger partial charge in [-0.25, -0.2) is 4.98 Å². The third kappa shape index (κ3) is 2.90. The topological polar surface area (TPSA) is 32.6 Å². The van der Waals surface area contributed by atoms with Crippen LogP contribution in [0.2, 0.25) is 0 Å². The molecule has 5 heteroatoms. The first-order chi connectivity index (χ1) is 10.4. The first kappa shape index (κ1) is 13.5. The molecule has 0 radical (unpaired) electrons. The van der Waals surface area contributed by atoms with Gasteiger partial charge in [0, 0.05) is 62.0 Å². The Morgan fingerprint density at radius 1 is 1.33 bits per heavy atom. The average molecular weight is 302 g/mol. The predicted molar refractivity (Wildman–Crippen MR) is 89.5 cm³/mol. The minimum Gasteiger partial charge on any atom is -0.369 e. The number of hydrogen-bond donors (Lipinski definition) is 1. The SMILES string of the molecule is c1cn2cc(CC3CCCS3)nc2cc1N1CCNCC1. The summed E-state index contributed by atoms with van der Waals surface area (Å²) < 4.78 is 2.17. The van der Waals surface area contributed by atoms with Gasteiger partial charge in [-0.1, -0.05) is 0 Å². The Morgan fingerprint density at radius 3 is 3.05 bits per heavy atom. The molecule has 1 N–H and O–H groups in total. The quantitative estimate of drug-likeness (QED) is 0.942. The summed E-state index contributed by atoms with van der Waals surface area (Å²) in [6.45, 7) is 4.32.